The summed E-state index contributed by atoms with van der Waals surface area (Å²) in [5.74, 6) is 1.88. The Labute approximate surface area is 223 Å². The van der Waals surface area contributed by atoms with Gasteiger partial charge in [0, 0.05) is 25.1 Å². The normalized spacial score (nSPS) is 18.7. The molecule has 1 fully saturated rings. The van der Waals surface area contributed by atoms with E-state index in [1.807, 2.05) is 19.1 Å². The van der Waals surface area contributed by atoms with Crippen LogP contribution < -0.4 is 15.4 Å². The van der Waals surface area contributed by atoms with E-state index in [-0.39, 0.29) is 32.0 Å². The molecule has 0 aliphatic carbocycles. The number of likely N-dealkylation sites (tertiary alicyclic amines) is 1. The number of hydrogen-bond donors (Lipinski definition) is 4. The van der Waals surface area contributed by atoms with Crippen molar-refractivity contribution in [3.63, 3.8) is 0 Å². The Kier molecular flexibility index (Phi) is 9.50. The van der Waals surface area contributed by atoms with Gasteiger partial charge in [0.1, 0.15) is 17.8 Å². The van der Waals surface area contributed by atoms with Crippen LogP contribution in [0.2, 0.25) is 0 Å². The van der Waals surface area contributed by atoms with Crippen LogP contribution >= 0.6 is 0 Å². The van der Waals surface area contributed by atoms with Crippen molar-refractivity contribution < 1.29 is 29.3 Å². The average Bonchev–Trinajstić information content (AvgIpc) is 3.29. The number of carbonyl (C=O) groups is 3. The van der Waals surface area contributed by atoms with E-state index in [1.54, 1.807) is 56.3 Å². The molecule has 3 amide bonds. The molecule has 202 valence electrons. The number of nitrogens with one attached hydrogen (secondary N) is 2. The molecule has 2 aromatic rings. The predicted molar refractivity (Wildman–Crippen MR) is 142 cm³/mol. The Morgan fingerprint density at radius 2 is 1.79 bits per heavy atom. The second-order valence-electron chi connectivity index (χ2n) is 10.1. The number of aliphatic hydroxyl groups is 2. The van der Waals surface area contributed by atoms with Crippen LogP contribution in [-0.2, 0) is 9.59 Å². The maximum Gasteiger partial charge on any atom is 0.413 e. The van der Waals surface area contributed by atoms with E-state index < -0.39 is 41.5 Å². The molecule has 4 atom stereocenters. The van der Waals surface area contributed by atoms with Crippen LogP contribution in [0.4, 0.5) is 4.79 Å². The van der Waals surface area contributed by atoms with Crippen molar-refractivity contribution in [2.24, 2.45) is 5.41 Å². The lowest BCUT2D eigenvalue weighted by Gasteiger charge is -2.37. The van der Waals surface area contributed by atoms with Crippen LogP contribution in [0.5, 0.6) is 5.75 Å². The number of nitrogens with zero attached hydrogens (tertiary/aromatic N) is 1. The standard InChI is InChI=1S/C29H35N3O6/c1-5-20-11-13-21(14-12-20)19(2)30-26(35)24-17-22(34)18-32(24)27(36)25(29(3,4)15-16-33)31-28(37)38-23-9-7-6-8-10-23/h1,6-14,19,22,24-25,33-34H,15-18H2,2-4H3,(H,30,35)(H,31,37)/t19-,22+,24-,25+/m0/s1. The van der Waals surface area contributed by atoms with Gasteiger partial charge in [-0.25, -0.2) is 4.79 Å². The molecule has 2 aromatic carbocycles. The molecule has 0 unspecified atom stereocenters. The number of β-amino-alcohol motifs (C(OH)–C–C–N with tert-alkyl or cyclic N) is 1. The first-order valence-corrected chi connectivity index (χ1v) is 12.6. The van der Waals surface area contributed by atoms with E-state index in [0.717, 1.165) is 11.1 Å². The Bertz CT molecular complexity index is 1160. The highest BCUT2D eigenvalue weighted by Crippen LogP contribution is 2.30. The Balaban J connectivity index is 1.78. The highest BCUT2D eigenvalue weighted by molar-refractivity contribution is 5.92. The lowest BCUT2D eigenvalue weighted by atomic mass is 9.80. The van der Waals surface area contributed by atoms with Gasteiger partial charge in [-0.15, -0.1) is 6.42 Å². The maximum absolute atomic E-state index is 13.8. The summed E-state index contributed by atoms with van der Waals surface area (Å²) in [4.78, 5) is 41.1. The highest BCUT2D eigenvalue weighted by Gasteiger charge is 2.46. The zero-order valence-electron chi connectivity index (χ0n) is 21.9. The van der Waals surface area contributed by atoms with Crippen molar-refractivity contribution in [1.29, 1.82) is 0 Å². The first-order valence-electron chi connectivity index (χ1n) is 12.6. The van der Waals surface area contributed by atoms with Crippen molar-refractivity contribution in [3.05, 3.63) is 65.7 Å². The number of aliphatic hydroxyl groups excluding tert-OH is 2. The third-order valence-electron chi connectivity index (χ3n) is 6.80. The van der Waals surface area contributed by atoms with E-state index in [9.17, 15) is 24.6 Å². The molecule has 3 rings (SSSR count). The maximum atomic E-state index is 13.8. The summed E-state index contributed by atoms with van der Waals surface area (Å²) in [5, 5.41) is 25.5. The molecule has 1 heterocycles. The van der Waals surface area contributed by atoms with Gasteiger partial charge < -0.3 is 30.5 Å². The molecular formula is C29H35N3O6. The first-order chi connectivity index (χ1) is 18.1. The Morgan fingerprint density at radius 1 is 1.13 bits per heavy atom. The third-order valence-corrected chi connectivity index (χ3v) is 6.80. The van der Waals surface area contributed by atoms with Crippen LogP contribution in [0.1, 0.15) is 50.8 Å². The molecule has 0 bridgehead atoms. The topological polar surface area (TPSA) is 128 Å². The minimum Gasteiger partial charge on any atom is -0.410 e. The van der Waals surface area contributed by atoms with Gasteiger partial charge in [-0.2, -0.15) is 0 Å². The molecule has 9 heteroatoms. The van der Waals surface area contributed by atoms with Gasteiger partial charge >= 0.3 is 6.09 Å². The summed E-state index contributed by atoms with van der Waals surface area (Å²) >= 11 is 0. The van der Waals surface area contributed by atoms with E-state index in [2.05, 4.69) is 16.6 Å². The molecule has 0 aromatic heterocycles. The minimum absolute atomic E-state index is 0.0575. The molecule has 0 spiro atoms. The molecule has 9 nitrogen and oxygen atoms in total. The average molecular weight is 522 g/mol. The van der Waals surface area contributed by atoms with Crippen LogP contribution in [0.3, 0.4) is 0 Å². The van der Waals surface area contributed by atoms with E-state index in [4.69, 9.17) is 11.2 Å². The Hall–Kier alpha value is -3.87. The van der Waals surface area contributed by atoms with Crippen LogP contribution in [-0.4, -0.2) is 64.4 Å². The van der Waals surface area contributed by atoms with Gasteiger partial charge in [-0.05, 0) is 48.6 Å². The largest absolute Gasteiger partial charge is 0.413 e. The molecule has 4 N–H and O–H groups in total. The van der Waals surface area contributed by atoms with Crippen molar-refractivity contribution in [2.45, 2.75) is 57.8 Å². The van der Waals surface area contributed by atoms with Gasteiger partial charge in [0.15, 0.2) is 0 Å². The number of terminal acetylenes is 1. The van der Waals surface area contributed by atoms with Crippen LogP contribution in [0.25, 0.3) is 0 Å². The van der Waals surface area contributed by atoms with Crippen molar-refractivity contribution in [3.8, 4) is 18.1 Å². The number of amides is 3. The van der Waals surface area contributed by atoms with Crippen molar-refractivity contribution in [2.75, 3.05) is 13.2 Å². The molecular weight excluding hydrogens is 486 g/mol. The van der Waals surface area contributed by atoms with Crippen molar-refractivity contribution >= 4 is 17.9 Å². The van der Waals surface area contributed by atoms with E-state index >= 15 is 0 Å². The fourth-order valence-electron chi connectivity index (χ4n) is 4.50. The molecule has 0 radical (unpaired) electrons. The predicted octanol–water partition coefficient (Wildman–Crippen LogP) is 2.37. The number of hydrogen-bond acceptors (Lipinski definition) is 6. The zero-order chi connectivity index (χ0) is 27.9. The highest BCUT2D eigenvalue weighted by atomic mass is 16.6. The molecule has 1 aliphatic rings. The summed E-state index contributed by atoms with van der Waals surface area (Å²) in [6.45, 7) is 5.00. The van der Waals surface area contributed by atoms with Gasteiger partial charge in [-0.3, -0.25) is 9.59 Å². The van der Waals surface area contributed by atoms with Crippen LogP contribution in [0.15, 0.2) is 54.6 Å². The molecule has 38 heavy (non-hydrogen) atoms. The lowest BCUT2D eigenvalue weighted by molar-refractivity contribution is -0.142. The number of ether oxygens (including phenoxy) is 1. The summed E-state index contributed by atoms with van der Waals surface area (Å²) in [6.07, 6.45) is 3.92. The molecule has 1 aliphatic heterocycles. The lowest BCUT2D eigenvalue weighted by Crippen LogP contribution is -2.59. The molecule has 0 saturated carbocycles. The quantitative estimate of drug-likeness (QED) is 0.375. The summed E-state index contributed by atoms with van der Waals surface area (Å²) in [5.41, 5.74) is 0.668. The second kappa shape index (κ2) is 12.6. The van der Waals surface area contributed by atoms with Gasteiger partial charge in [-0.1, -0.05) is 50.1 Å². The Morgan fingerprint density at radius 3 is 2.39 bits per heavy atom. The van der Waals surface area contributed by atoms with Crippen LogP contribution in [0, 0.1) is 17.8 Å². The smallest absolute Gasteiger partial charge is 0.410 e. The molecule has 1 saturated heterocycles. The monoisotopic (exact) mass is 521 g/mol. The van der Waals surface area contributed by atoms with E-state index in [0.29, 0.717) is 5.75 Å². The minimum atomic E-state index is -1.12. The number of para-hydroxylation sites is 1. The summed E-state index contributed by atoms with van der Waals surface area (Å²) in [7, 11) is 0. The van der Waals surface area contributed by atoms with Gasteiger partial charge in [0.05, 0.1) is 12.1 Å². The summed E-state index contributed by atoms with van der Waals surface area (Å²) < 4.78 is 5.32. The number of rotatable bonds is 9. The van der Waals surface area contributed by atoms with Gasteiger partial charge in [0.2, 0.25) is 11.8 Å². The fourth-order valence-corrected chi connectivity index (χ4v) is 4.50. The zero-order valence-corrected chi connectivity index (χ0v) is 21.9. The van der Waals surface area contributed by atoms with E-state index in [1.165, 1.54) is 4.90 Å². The third kappa shape index (κ3) is 7.12. The summed E-state index contributed by atoms with van der Waals surface area (Å²) in [6, 6.07) is 13.2. The fraction of sp³-hybridized carbons (Fsp3) is 0.414. The van der Waals surface area contributed by atoms with Crippen molar-refractivity contribution in [1.82, 2.24) is 15.5 Å². The first kappa shape index (κ1) is 28.7. The van der Waals surface area contributed by atoms with Gasteiger partial charge in [0.25, 0.3) is 0 Å². The second-order valence-corrected chi connectivity index (χ2v) is 10.1. The SMILES string of the molecule is C#Cc1ccc([C@H](C)NC(=O)[C@@H]2C[C@@H](O)CN2C(=O)[C@@H](NC(=O)Oc2ccccc2)C(C)(C)CCO)cc1. The number of carbonyl (C=O) groups excluding carboxylic acids is 3. The number of benzene rings is 2.